The average Bonchev–Trinajstić information content (AvgIpc) is 3.22. The van der Waals surface area contributed by atoms with Crippen molar-refractivity contribution in [3.05, 3.63) is 75.1 Å². The van der Waals surface area contributed by atoms with E-state index in [4.69, 9.17) is 21.1 Å². The van der Waals surface area contributed by atoms with Gasteiger partial charge in [0.15, 0.2) is 6.10 Å². The molecular formula is C28H29ClN2O5S. The van der Waals surface area contributed by atoms with Gasteiger partial charge in [0.1, 0.15) is 10.8 Å². The number of carbonyl (C=O) groups is 3. The van der Waals surface area contributed by atoms with Crippen molar-refractivity contribution in [3.63, 3.8) is 0 Å². The Bertz CT molecular complexity index is 1300. The molecule has 0 aliphatic heterocycles. The number of esters is 1. The molecule has 4 rings (SSSR count). The maximum Gasteiger partial charge on any atom is 0.341 e. The molecule has 0 saturated carbocycles. The van der Waals surface area contributed by atoms with Crippen LogP contribution >= 0.6 is 22.9 Å². The van der Waals surface area contributed by atoms with Crippen LogP contribution in [0.4, 0.5) is 10.7 Å². The molecule has 7 nitrogen and oxygen atoms in total. The van der Waals surface area contributed by atoms with Crippen molar-refractivity contribution < 1.29 is 23.9 Å². The Labute approximate surface area is 225 Å². The maximum atomic E-state index is 13.0. The molecule has 0 saturated heterocycles. The number of thiophene rings is 1. The van der Waals surface area contributed by atoms with Gasteiger partial charge >= 0.3 is 5.97 Å². The molecule has 2 N–H and O–H groups in total. The summed E-state index contributed by atoms with van der Waals surface area (Å²) in [4.78, 5) is 39.4. The molecule has 1 aliphatic carbocycles. The lowest BCUT2D eigenvalue weighted by Crippen LogP contribution is -2.30. The number of rotatable bonds is 8. The molecule has 3 aromatic rings. The summed E-state index contributed by atoms with van der Waals surface area (Å²) in [7, 11) is 0. The number of nitrogens with one attached hydrogen (secondary N) is 2. The Morgan fingerprint density at radius 1 is 1.11 bits per heavy atom. The molecule has 1 aromatic heterocycles. The first kappa shape index (κ1) is 26.7. The molecule has 9 heteroatoms. The second-order valence-corrected chi connectivity index (χ2v) is 10.5. The van der Waals surface area contributed by atoms with Crippen molar-refractivity contribution >= 4 is 51.4 Å². The Morgan fingerprint density at radius 2 is 1.84 bits per heavy atom. The van der Waals surface area contributed by atoms with Crippen LogP contribution in [0.1, 0.15) is 58.3 Å². The van der Waals surface area contributed by atoms with E-state index >= 15 is 0 Å². The lowest BCUT2D eigenvalue weighted by molar-refractivity contribution is -0.122. The number of halogens is 1. The topological polar surface area (TPSA) is 93.7 Å². The first-order chi connectivity index (χ1) is 17.8. The molecule has 1 heterocycles. The third kappa shape index (κ3) is 6.32. The van der Waals surface area contributed by atoms with Crippen molar-refractivity contribution in [2.75, 3.05) is 17.2 Å². The third-order valence-corrected chi connectivity index (χ3v) is 7.65. The van der Waals surface area contributed by atoms with Crippen molar-refractivity contribution in [2.45, 2.75) is 46.1 Å². The molecule has 2 amide bonds. The van der Waals surface area contributed by atoms with E-state index < -0.39 is 12.1 Å². The summed E-state index contributed by atoms with van der Waals surface area (Å²) in [5, 5.41) is 6.60. The molecular weight excluding hydrogens is 512 g/mol. The van der Waals surface area contributed by atoms with E-state index in [1.165, 1.54) is 11.3 Å². The SMILES string of the molecule is CCOC(=O)c1c(NC(=O)c2ccc(OC(C)C(=O)Nc3ccccc3Cl)cc2)sc2c1CCC(C)C2. The van der Waals surface area contributed by atoms with Crippen molar-refractivity contribution in [2.24, 2.45) is 5.92 Å². The van der Waals surface area contributed by atoms with Crippen molar-refractivity contribution in [1.82, 2.24) is 0 Å². The van der Waals surface area contributed by atoms with Crippen LogP contribution in [0.5, 0.6) is 5.75 Å². The van der Waals surface area contributed by atoms with Gasteiger partial charge in [0.05, 0.1) is 22.9 Å². The number of anilines is 2. The number of hydrogen-bond acceptors (Lipinski definition) is 6. The molecule has 2 unspecified atom stereocenters. The highest BCUT2D eigenvalue weighted by molar-refractivity contribution is 7.17. The van der Waals surface area contributed by atoms with Gasteiger partial charge in [0.2, 0.25) is 0 Å². The first-order valence-corrected chi connectivity index (χ1v) is 13.4. The molecule has 0 spiro atoms. The molecule has 37 heavy (non-hydrogen) atoms. The van der Waals surface area contributed by atoms with E-state index in [9.17, 15) is 14.4 Å². The highest BCUT2D eigenvalue weighted by atomic mass is 35.5. The summed E-state index contributed by atoms with van der Waals surface area (Å²) in [6.07, 6.45) is 1.89. The molecule has 0 radical (unpaired) electrons. The Hall–Kier alpha value is -3.36. The maximum absolute atomic E-state index is 13.0. The normalized spacial score (nSPS) is 15.3. The highest BCUT2D eigenvalue weighted by Crippen LogP contribution is 2.40. The Balaban J connectivity index is 1.43. The van der Waals surface area contributed by atoms with E-state index in [-0.39, 0.29) is 18.4 Å². The van der Waals surface area contributed by atoms with Crippen LogP contribution < -0.4 is 15.4 Å². The van der Waals surface area contributed by atoms with Crippen LogP contribution in [0.2, 0.25) is 5.02 Å². The fourth-order valence-corrected chi connectivity index (χ4v) is 5.75. The fraction of sp³-hybridized carbons (Fsp3) is 0.321. The largest absolute Gasteiger partial charge is 0.481 e. The summed E-state index contributed by atoms with van der Waals surface area (Å²) < 4.78 is 11.0. The second kappa shape index (κ2) is 11.8. The van der Waals surface area contributed by atoms with Gasteiger partial charge in [-0.3, -0.25) is 9.59 Å². The number of amides is 2. The van der Waals surface area contributed by atoms with E-state index in [2.05, 4.69) is 17.6 Å². The summed E-state index contributed by atoms with van der Waals surface area (Å²) in [5.74, 6) is -0.124. The molecule has 194 valence electrons. The van der Waals surface area contributed by atoms with Crippen molar-refractivity contribution in [1.29, 1.82) is 0 Å². The number of fused-ring (bicyclic) bond motifs is 1. The van der Waals surface area contributed by atoms with Crippen LogP contribution in [-0.4, -0.2) is 30.5 Å². The standard InChI is InChI=1S/C28H29ClN2O5S/c1-4-35-28(34)24-20-14-9-16(2)15-23(20)37-27(24)31-26(33)18-10-12-19(13-11-18)36-17(3)25(32)30-22-8-6-5-7-21(22)29/h5-8,10-13,16-17H,4,9,14-15H2,1-3H3,(H,30,32)(H,31,33). The summed E-state index contributed by atoms with van der Waals surface area (Å²) in [6.45, 7) is 5.85. The van der Waals surface area contributed by atoms with Gasteiger partial charge in [-0.25, -0.2) is 4.79 Å². The molecule has 2 aromatic carbocycles. The number of ether oxygens (including phenoxy) is 2. The number of para-hydroxylation sites is 1. The van der Waals surface area contributed by atoms with Crippen LogP contribution in [0.3, 0.4) is 0 Å². The van der Waals surface area contributed by atoms with Gasteiger partial charge in [-0.15, -0.1) is 11.3 Å². The van der Waals surface area contributed by atoms with Gasteiger partial charge < -0.3 is 20.1 Å². The highest BCUT2D eigenvalue weighted by Gasteiger charge is 2.29. The van der Waals surface area contributed by atoms with E-state index in [1.807, 2.05) is 0 Å². The molecule has 0 bridgehead atoms. The van der Waals surface area contributed by atoms with E-state index in [1.54, 1.807) is 62.4 Å². The minimum atomic E-state index is -0.789. The minimum Gasteiger partial charge on any atom is -0.481 e. The van der Waals surface area contributed by atoms with Crippen molar-refractivity contribution in [3.8, 4) is 5.75 Å². The number of hydrogen-bond donors (Lipinski definition) is 2. The summed E-state index contributed by atoms with van der Waals surface area (Å²) >= 11 is 7.55. The second-order valence-electron chi connectivity index (χ2n) is 8.98. The van der Waals surface area contributed by atoms with Gasteiger partial charge in [-0.2, -0.15) is 0 Å². The minimum absolute atomic E-state index is 0.267. The smallest absolute Gasteiger partial charge is 0.341 e. The van der Waals surface area contributed by atoms with Crippen LogP contribution in [0.15, 0.2) is 48.5 Å². The van der Waals surface area contributed by atoms with Crippen LogP contribution in [0.25, 0.3) is 0 Å². The van der Waals surface area contributed by atoms with Crippen LogP contribution in [0, 0.1) is 5.92 Å². The van der Waals surface area contributed by atoms with E-state index in [0.717, 1.165) is 29.7 Å². The lowest BCUT2D eigenvalue weighted by Gasteiger charge is -2.18. The number of benzene rings is 2. The third-order valence-electron chi connectivity index (χ3n) is 6.15. The molecule has 0 fully saturated rings. The monoisotopic (exact) mass is 540 g/mol. The zero-order valence-electron chi connectivity index (χ0n) is 20.9. The number of carbonyl (C=O) groups excluding carboxylic acids is 3. The van der Waals surface area contributed by atoms with Gasteiger partial charge in [0.25, 0.3) is 11.8 Å². The van der Waals surface area contributed by atoms with E-state index in [0.29, 0.717) is 38.5 Å². The fourth-order valence-electron chi connectivity index (χ4n) is 4.17. The Kier molecular flexibility index (Phi) is 8.51. The molecule has 2 atom stereocenters. The average molecular weight is 541 g/mol. The van der Waals surface area contributed by atoms with Gasteiger partial charge in [-0.1, -0.05) is 30.7 Å². The van der Waals surface area contributed by atoms with Gasteiger partial charge in [0, 0.05) is 10.4 Å². The zero-order chi connectivity index (χ0) is 26.5. The van der Waals surface area contributed by atoms with Gasteiger partial charge in [-0.05, 0) is 81.0 Å². The van der Waals surface area contributed by atoms with Crippen LogP contribution in [-0.2, 0) is 22.4 Å². The zero-order valence-corrected chi connectivity index (χ0v) is 22.5. The lowest BCUT2D eigenvalue weighted by atomic mass is 9.88. The predicted octanol–water partition coefficient (Wildman–Crippen LogP) is 6.36. The summed E-state index contributed by atoms with van der Waals surface area (Å²) in [6, 6.07) is 13.4. The molecule has 1 aliphatic rings. The first-order valence-electron chi connectivity index (χ1n) is 12.2. The predicted molar refractivity (Wildman–Crippen MR) is 146 cm³/mol. The quantitative estimate of drug-likeness (QED) is 0.324. The summed E-state index contributed by atoms with van der Waals surface area (Å²) in [5.41, 5.74) is 2.36. The Morgan fingerprint density at radius 3 is 2.54 bits per heavy atom.